The number of carbonyl (C=O) groups is 1. The summed E-state index contributed by atoms with van der Waals surface area (Å²) in [5.41, 5.74) is 0.269. The number of hydrogen-bond acceptors (Lipinski definition) is 3. The summed E-state index contributed by atoms with van der Waals surface area (Å²) in [5.74, 6) is -0.160. The average molecular weight is 249 g/mol. The van der Waals surface area contributed by atoms with Crippen LogP contribution >= 0.6 is 0 Å². The van der Waals surface area contributed by atoms with Crippen LogP contribution in [0.5, 0.6) is 0 Å². The Morgan fingerprint density at radius 3 is 3.00 bits per heavy atom. The van der Waals surface area contributed by atoms with E-state index < -0.39 is 0 Å². The van der Waals surface area contributed by atoms with Gasteiger partial charge >= 0.3 is 0 Å². The molecule has 1 aliphatic rings. The van der Waals surface area contributed by atoms with Gasteiger partial charge < -0.3 is 15.2 Å². The van der Waals surface area contributed by atoms with Gasteiger partial charge in [0.05, 0.1) is 0 Å². The summed E-state index contributed by atoms with van der Waals surface area (Å²) < 4.78 is 1.45. The van der Waals surface area contributed by atoms with Crippen molar-refractivity contribution in [2.45, 2.75) is 31.8 Å². The normalized spacial score (nSPS) is 23.7. The van der Waals surface area contributed by atoms with Crippen molar-refractivity contribution in [1.29, 1.82) is 0 Å². The molecule has 5 heteroatoms. The Bertz CT molecular complexity index is 495. The highest BCUT2D eigenvalue weighted by molar-refractivity contribution is 5.94. The first-order valence-corrected chi connectivity index (χ1v) is 6.27. The van der Waals surface area contributed by atoms with Crippen LogP contribution in [0.2, 0.25) is 0 Å². The van der Waals surface area contributed by atoms with E-state index in [2.05, 4.69) is 17.6 Å². The summed E-state index contributed by atoms with van der Waals surface area (Å²) in [6.07, 6.45) is 3.47. The van der Waals surface area contributed by atoms with Gasteiger partial charge in [0.1, 0.15) is 0 Å². The van der Waals surface area contributed by atoms with E-state index in [1.54, 1.807) is 19.3 Å². The molecule has 1 fully saturated rings. The Labute approximate surface area is 106 Å². The smallest absolute Gasteiger partial charge is 0.251 e. The summed E-state index contributed by atoms with van der Waals surface area (Å²) in [4.78, 5) is 23.5. The Morgan fingerprint density at radius 2 is 2.33 bits per heavy atom. The predicted molar refractivity (Wildman–Crippen MR) is 69.6 cm³/mol. The lowest BCUT2D eigenvalue weighted by Gasteiger charge is -2.28. The Balaban J connectivity index is 2.03. The molecule has 1 aromatic rings. The van der Waals surface area contributed by atoms with E-state index in [0.29, 0.717) is 11.6 Å². The predicted octanol–water partition coefficient (Wildman–Crippen LogP) is 0.256. The van der Waals surface area contributed by atoms with Crippen LogP contribution in [-0.4, -0.2) is 29.1 Å². The third kappa shape index (κ3) is 2.98. The van der Waals surface area contributed by atoms with Gasteiger partial charge in [-0.1, -0.05) is 0 Å². The van der Waals surface area contributed by atoms with E-state index in [0.717, 1.165) is 19.4 Å². The molecular weight excluding hydrogens is 230 g/mol. The number of hydrogen-bond donors (Lipinski definition) is 2. The van der Waals surface area contributed by atoms with Gasteiger partial charge in [0.25, 0.3) is 11.5 Å². The third-order valence-corrected chi connectivity index (χ3v) is 3.33. The zero-order chi connectivity index (χ0) is 13.1. The van der Waals surface area contributed by atoms with Crippen LogP contribution in [0.3, 0.4) is 0 Å². The van der Waals surface area contributed by atoms with Crippen molar-refractivity contribution in [3.8, 4) is 0 Å². The molecule has 2 rings (SSSR count). The Hall–Kier alpha value is -1.62. The van der Waals surface area contributed by atoms with Crippen molar-refractivity contribution in [2.24, 2.45) is 7.05 Å². The largest absolute Gasteiger partial charge is 0.349 e. The zero-order valence-electron chi connectivity index (χ0n) is 10.8. The lowest BCUT2D eigenvalue weighted by Crippen LogP contribution is -2.46. The molecule has 2 heterocycles. The molecule has 0 radical (unpaired) electrons. The maximum atomic E-state index is 12.0. The van der Waals surface area contributed by atoms with Crippen LogP contribution in [-0.2, 0) is 7.05 Å². The summed E-state index contributed by atoms with van der Waals surface area (Å²) in [5, 5.41) is 6.32. The second-order valence-corrected chi connectivity index (χ2v) is 4.91. The molecule has 0 saturated carbocycles. The number of rotatable bonds is 2. The van der Waals surface area contributed by atoms with E-state index in [1.165, 1.54) is 10.6 Å². The standard InChI is InChI=1S/C13H19N3O2/c1-9-7-11(3-5-14-9)15-13(18)10-4-6-16(2)12(17)8-10/h4,6,8-9,11,14H,3,5,7H2,1-2H3,(H,15,18). The fraction of sp³-hybridized carbons (Fsp3) is 0.538. The first kappa shape index (κ1) is 12.8. The molecule has 2 atom stereocenters. The fourth-order valence-corrected chi connectivity index (χ4v) is 2.22. The number of amides is 1. The molecule has 1 saturated heterocycles. The molecule has 5 nitrogen and oxygen atoms in total. The van der Waals surface area contributed by atoms with Gasteiger partial charge in [-0.2, -0.15) is 0 Å². The van der Waals surface area contributed by atoms with E-state index >= 15 is 0 Å². The highest BCUT2D eigenvalue weighted by Crippen LogP contribution is 2.09. The van der Waals surface area contributed by atoms with Crippen LogP contribution in [0.4, 0.5) is 0 Å². The number of aromatic nitrogens is 1. The molecule has 0 aromatic carbocycles. The lowest BCUT2D eigenvalue weighted by molar-refractivity contribution is 0.0925. The minimum atomic E-state index is -0.165. The number of nitrogens with one attached hydrogen (secondary N) is 2. The average Bonchev–Trinajstić information content (AvgIpc) is 2.32. The van der Waals surface area contributed by atoms with E-state index in [4.69, 9.17) is 0 Å². The molecule has 98 valence electrons. The van der Waals surface area contributed by atoms with Gasteiger partial charge in [-0.15, -0.1) is 0 Å². The van der Waals surface area contributed by atoms with E-state index in [1.807, 2.05) is 0 Å². The maximum absolute atomic E-state index is 12.0. The van der Waals surface area contributed by atoms with Crippen molar-refractivity contribution >= 4 is 5.91 Å². The molecule has 1 amide bonds. The summed E-state index contributed by atoms with van der Waals surface area (Å²) in [6, 6.07) is 3.66. The minimum absolute atomic E-state index is 0.160. The number of aryl methyl sites for hydroxylation is 1. The number of nitrogens with zero attached hydrogens (tertiary/aromatic N) is 1. The second-order valence-electron chi connectivity index (χ2n) is 4.91. The first-order valence-electron chi connectivity index (χ1n) is 6.27. The van der Waals surface area contributed by atoms with Crippen molar-refractivity contribution < 1.29 is 4.79 Å². The third-order valence-electron chi connectivity index (χ3n) is 3.33. The quantitative estimate of drug-likeness (QED) is 0.790. The van der Waals surface area contributed by atoms with Gasteiger partial charge in [-0.25, -0.2) is 0 Å². The van der Waals surface area contributed by atoms with Crippen LogP contribution in [0.25, 0.3) is 0 Å². The van der Waals surface area contributed by atoms with Gasteiger partial charge in [-0.3, -0.25) is 9.59 Å². The molecule has 0 spiro atoms. The molecule has 18 heavy (non-hydrogen) atoms. The van der Waals surface area contributed by atoms with Crippen molar-refractivity contribution in [3.63, 3.8) is 0 Å². The van der Waals surface area contributed by atoms with E-state index in [9.17, 15) is 9.59 Å². The van der Waals surface area contributed by atoms with E-state index in [-0.39, 0.29) is 17.5 Å². The van der Waals surface area contributed by atoms with Crippen molar-refractivity contribution in [1.82, 2.24) is 15.2 Å². The van der Waals surface area contributed by atoms with Gasteiger partial charge in [0.2, 0.25) is 0 Å². The number of carbonyl (C=O) groups excluding carboxylic acids is 1. The van der Waals surface area contributed by atoms with Crippen molar-refractivity contribution in [2.75, 3.05) is 6.54 Å². The number of piperidine rings is 1. The van der Waals surface area contributed by atoms with Crippen LogP contribution < -0.4 is 16.2 Å². The lowest BCUT2D eigenvalue weighted by atomic mass is 10.0. The summed E-state index contributed by atoms with van der Waals surface area (Å²) >= 11 is 0. The molecule has 0 aliphatic carbocycles. The minimum Gasteiger partial charge on any atom is -0.349 e. The maximum Gasteiger partial charge on any atom is 0.251 e. The Morgan fingerprint density at radius 1 is 1.56 bits per heavy atom. The van der Waals surface area contributed by atoms with Crippen molar-refractivity contribution in [3.05, 3.63) is 34.2 Å². The zero-order valence-corrected chi connectivity index (χ0v) is 10.8. The Kier molecular flexibility index (Phi) is 3.81. The van der Waals surface area contributed by atoms with Gasteiger partial charge in [0.15, 0.2) is 0 Å². The SMILES string of the molecule is CC1CC(NC(=O)c2ccn(C)c(=O)c2)CCN1. The molecule has 0 bridgehead atoms. The molecule has 2 unspecified atom stereocenters. The summed E-state index contributed by atoms with van der Waals surface area (Å²) in [6.45, 7) is 3.03. The topological polar surface area (TPSA) is 63.1 Å². The highest BCUT2D eigenvalue weighted by atomic mass is 16.2. The number of pyridine rings is 1. The van der Waals surface area contributed by atoms with Crippen LogP contribution in [0, 0.1) is 0 Å². The molecule has 1 aliphatic heterocycles. The van der Waals surface area contributed by atoms with Gasteiger partial charge in [0, 0.05) is 37.0 Å². The molecular formula is C13H19N3O2. The first-order chi connectivity index (χ1) is 8.56. The van der Waals surface area contributed by atoms with Crippen LogP contribution in [0.15, 0.2) is 23.1 Å². The fourth-order valence-electron chi connectivity index (χ4n) is 2.22. The highest BCUT2D eigenvalue weighted by Gasteiger charge is 2.20. The summed E-state index contributed by atoms with van der Waals surface area (Å²) in [7, 11) is 1.67. The van der Waals surface area contributed by atoms with Gasteiger partial charge in [-0.05, 0) is 32.4 Å². The molecule has 2 N–H and O–H groups in total. The van der Waals surface area contributed by atoms with Crippen LogP contribution in [0.1, 0.15) is 30.1 Å². The molecule has 1 aromatic heterocycles. The monoisotopic (exact) mass is 249 g/mol. The second kappa shape index (κ2) is 5.35.